The minimum absolute atomic E-state index is 0.180. The van der Waals surface area contributed by atoms with Gasteiger partial charge in [0.15, 0.2) is 5.82 Å². The highest BCUT2D eigenvalue weighted by Crippen LogP contribution is 2.31. The first-order valence-electron chi connectivity index (χ1n) is 10.4. The summed E-state index contributed by atoms with van der Waals surface area (Å²) in [7, 11) is 0. The lowest BCUT2D eigenvalue weighted by molar-refractivity contribution is 0.252. The third kappa shape index (κ3) is 4.37. The molecule has 2 aromatic carbocycles. The molecule has 0 atom stereocenters. The number of phenols is 1. The zero-order valence-corrected chi connectivity index (χ0v) is 17.4. The Morgan fingerprint density at radius 1 is 1.13 bits per heavy atom. The fourth-order valence-electron chi connectivity index (χ4n) is 3.75. The van der Waals surface area contributed by atoms with Crippen LogP contribution in [0.4, 0.5) is 16.3 Å². The standard InChI is InChI=1S/C23H26N6O2/c1-2-19-28-20-21(17-14-16(30)10-11-18(17)27-22(20)24)29(19)13-7-6-12-25-23(31)26-15-8-4-3-5-9-15/h3-5,8-11,14,30H,2,6-7,12-13H2,1H3,(H2,24,27)(H2,25,26,31). The molecule has 0 unspecified atom stereocenters. The smallest absolute Gasteiger partial charge is 0.319 e. The number of rotatable bonds is 7. The number of benzene rings is 2. The van der Waals surface area contributed by atoms with E-state index in [2.05, 4.69) is 27.1 Å². The number of fused-ring (bicyclic) bond motifs is 3. The molecule has 8 heteroatoms. The fourth-order valence-corrected chi connectivity index (χ4v) is 3.75. The van der Waals surface area contributed by atoms with Crippen molar-refractivity contribution in [3.05, 3.63) is 54.4 Å². The number of carbonyl (C=O) groups excluding carboxylic acids is 1. The quantitative estimate of drug-likeness (QED) is 0.338. The van der Waals surface area contributed by atoms with Crippen LogP contribution in [-0.4, -0.2) is 32.2 Å². The van der Waals surface area contributed by atoms with Gasteiger partial charge in [-0.25, -0.2) is 14.8 Å². The number of hydrogen-bond acceptors (Lipinski definition) is 5. The molecule has 0 radical (unpaired) electrons. The maximum atomic E-state index is 12.0. The minimum Gasteiger partial charge on any atom is -0.508 e. The molecule has 0 aliphatic heterocycles. The zero-order valence-electron chi connectivity index (χ0n) is 17.4. The lowest BCUT2D eigenvalue weighted by Crippen LogP contribution is -2.29. The minimum atomic E-state index is -0.214. The summed E-state index contributed by atoms with van der Waals surface area (Å²) in [6, 6.07) is 14.2. The van der Waals surface area contributed by atoms with E-state index in [0.29, 0.717) is 17.9 Å². The summed E-state index contributed by atoms with van der Waals surface area (Å²) < 4.78 is 2.15. The Hall–Kier alpha value is -3.81. The van der Waals surface area contributed by atoms with Gasteiger partial charge in [-0.3, -0.25) is 0 Å². The molecule has 8 nitrogen and oxygen atoms in total. The number of anilines is 2. The third-order valence-corrected chi connectivity index (χ3v) is 5.21. The monoisotopic (exact) mass is 418 g/mol. The lowest BCUT2D eigenvalue weighted by atomic mass is 10.1. The number of hydrogen-bond donors (Lipinski definition) is 4. The highest BCUT2D eigenvalue weighted by atomic mass is 16.3. The predicted molar refractivity (Wildman–Crippen MR) is 123 cm³/mol. The highest BCUT2D eigenvalue weighted by Gasteiger charge is 2.16. The van der Waals surface area contributed by atoms with Crippen LogP contribution in [0.2, 0.25) is 0 Å². The van der Waals surface area contributed by atoms with E-state index in [1.807, 2.05) is 30.3 Å². The van der Waals surface area contributed by atoms with E-state index < -0.39 is 0 Å². The maximum Gasteiger partial charge on any atom is 0.319 e. The number of imidazole rings is 1. The number of aromatic nitrogens is 3. The van der Waals surface area contributed by atoms with Gasteiger partial charge in [-0.2, -0.15) is 0 Å². The van der Waals surface area contributed by atoms with Crippen LogP contribution >= 0.6 is 0 Å². The fraction of sp³-hybridized carbons (Fsp3) is 0.261. The van der Waals surface area contributed by atoms with Gasteiger partial charge in [-0.1, -0.05) is 25.1 Å². The van der Waals surface area contributed by atoms with Crippen LogP contribution in [0.5, 0.6) is 5.75 Å². The van der Waals surface area contributed by atoms with Gasteiger partial charge in [0.25, 0.3) is 0 Å². The number of nitrogens with two attached hydrogens (primary N) is 1. The molecule has 160 valence electrons. The Kier molecular flexibility index (Phi) is 5.88. The van der Waals surface area contributed by atoms with Crippen LogP contribution < -0.4 is 16.4 Å². The number of unbranched alkanes of at least 4 members (excludes halogenated alkanes) is 1. The van der Waals surface area contributed by atoms with Gasteiger partial charge in [0, 0.05) is 30.6 Å². The first-order chi connectivity index (χ1) is 15.1. The van der Waals surface area contributed by atoms with Gasteiger partial charge < -0.3 is 26.0 Å². The first kappa shape index (κ1) is 20.5. The van der Waals surface area contributed by atoms with Crippen LogP contribution in [0, 0.1) is 0 Å². The summed E-state index contributed by atoms with van der Waals surface area (Å²) in [6.07, 6.45) is 2.42. The lowest BCUT2D eigenvalue weighted by Gasteiger charge is -2.11. The Morgan fingerprint density at radius 2 is 1.94 bits per heavy atom. The number of carbonyl (C=O) groups is 1. The number of para-hydroxylation sites is 1. The number of pyridine rings is 1. The molecular weight excluding hydrogens is 392 g/mol. The molecule has 2 aromatic heterocycles. The summed E-state index contributed by atoms with van der Waals surface area (Å²) >= 11 is 0. The number of urea groups is 1. The van der Waals surface area contributed by atoms with Gasteiger partial charge in [0.2, 0.25) is 0 Å². The van der Waals surface area contributed by atoms with E-state index in [9.17, 15) is 9.90 Å². The number of amides is 2. The van der Waals surface area contributed by atoms with Gasteiger partial charge in [-0.05, 0) is 43.2 Å². The molecule has 0 bridgehead atoms. The molecular formula is C23H26N6O2. The van der Waals surface area contributed by atoms with Crippen LogP contribution in [-0.2, 0) is 13.0 Å². The Bertz CT molecular complexity index is 1220. The molecule has 2 amide bonds. The van der Waals surface area contributed by atoms with Gasteiger partial charge in [0.05, 0.1) is 11.0 Å². The molecule has 2 heterocycles. The van der Waals surface area contributed by atoms with E-state index in [0.717, 1.165) is 53.7 Å². The number of aromatic hydroxyl groups is 1. The molecule has 31 heavy (non-hydrogen) atoms. The van der Waals surface area contributed by atoms with Crippen LogP contribution in [0.3, 0.4) is 0 Å². The van der Waals surface area contributed by atoms with Crippen molar-refractivity contribution in [2.45, 2.75) is 32.7 Å². The number of phenolic OH excluding ortho intramolecular Hbond substituents is 1. The summed E-state index contributed by atoms with van der Waals surface area (Å²) in [5.74, 6) is 1.50. The Morgan fingerprint density at radius 3 is 2.71 bits per heavy atom. The number of aryl methyl sites for hydroxylation is 2. The zero-order chi connectivity index (χ0) is 21.8. The van der Waals surface area contributed by atoms with Gasteiger partial charge in [0.1, 0.15) is 17.1 Å². The molecule has 0 spiro atoms. The summed E-state index contributed by atoms with van der Waals surface area (Å²) in [5.41, 5.74) is 9.21. The Labute approximate surface area is 180 Å². The van der Waals surface area contributed by atoms with Gasteiger partial charge >= 0.3 is 6.03 Å². The summed E-state index contributed by atoms with van der Waals surface area (Å²) in [5, 5.41) is 16.5. The van der Waals surface area contributed by atoms with Crippen molar-refractivity contribution in [2.24, 2.45) is 0 Å². The summed E-state index contributed by atoms with van der Waals surface area (Å²) in [6.45, 7) is 3.35. The second-order valence-electron chi connectivity index (χ2n) is 7.38. The molecule has 0 fully saturated rings. The number of nitrogen functional groups attached to an aromatic ring is 1. The molecule has 4 aromatic rings. The normalized spacial score (nSPS) is 11.1. The summed E-state index contributed by atoms with van der Waals surface area (Å²) in [4.78, 5) is 21.1. The number of nitrogens with zero attached hydrogens (tertiary/aromatic N) is 3. The molecule has 5 N–H and O–H groups in total. The van der Waals surface area contributed by atoms with Crippen molar-refractivity contribution >= 4 is 39.5 Å². The maximum absolute atomic E-state index is 12.0. The molecule has 0 aliphatic rings. The SMILES string of the molecule is CCc1nc2c(N)nc3ccc(O)cc3c2n1CCCCNC(=O)Nc1ccccc1. The van der Waals surface area contributed by atoms with E-state index in [4.69, 9.17) is 10.7 Å². The predicted octanol–water partition coefficient (Wildman–Crippen LogP) is 4.04. The van der Waals surface area contributed by atoms with Crippen LogP contribution in [0.1, 0.15) is 25.6 Å². The number of nitrogens with one attached hydrogen (secondary N) is 2. The van der Waals surface area contributed by atoms with Crippen molar-refractivity contribution in [1.82, 2.24) is 19.9 Å². The van der Waals surface area contributed by atoms with Gasteiger partial charge in [-0.15, -0.1) is 0 Å². The first-order valence-corrected chi connectivity index (χ1v) is 10.4. The van der Waals surface area contributed by atoms with Crippen molar-refractivity contribution in [2.75, 3.05) is 17.6 Å². The van der Waals surface area contributed by atoms with E-state index in [1.165, 1.54) is 0 Å². The second kappa shape index (κ2) is 8.91. The average molecular weight is 419 g/mol. The molecule has 0 saturated heterocycles. The third-order valence-electron chi connectivity index (χ3n) is 5.21. The van der Waals surface area contributed by atoms with Crippen molar-refractivity contribution < 1.29 is 9.90 Å². The van der Waals surface area contributed by atoms with Crippen molar-refractivity contribution in [3.8, 4) is 5.75 Å². The van der Waals surface area contributed by atoms with E-state index >= 15 is 0 Å². The van der Waals surface area contributed by atoms with Crippen LogP contribution in [0.25, 0.3) is 21.9 Å². The highest BCUT2D eigenvalue weighted by molar-refractivity contribution is 6.07. The van der Waals surface area contributed by atoms with E-state index in [1.54, 1.807) is 18.2 Å². The Balaban J connectivity index is 1.45. The average Bonchev–Trinajstić information content (AvgIpc) is 3.14. The molecule has 4 rings (SSSR count). The van der Waals surface area contributed by atoms with E-state index in [-0.39, 0.29) is 11.8 Å². The topological polar surface area (TPSA) is 118 Å². The van der Waals surface area contributed by atoms with Crippen LogP contribution in [0.15, 0.2) is 48.5 Å². The van der Waals surface area contributed by atoms with Crippen molar-refractivity contribution in [1.29, 1.82) is 0 Å². The molecule has 0 aliphatic carbocycles. The largest absolute Gasteiger partial charge is 0.508 e. The van der Waals surface area contributed by atoms with Crippen molar-refractivity contribution in [3.63, 3.8) is 0 Å². The molecule has 0 saturated carbocycles. The second-order valence-corrected chi connectivity index (χ2v) is 7.38.